The van der Waals surface area contributed by atoms with Crippen LogP contribution in [0.3, 0.4) is 0 Å². The van der Waals surface area contributed by atoms with E-state index in [9.17, 15) is 13.6 Å². The van der Waals surface area contributed by atoms with Crippen LogP contribution in [-0.2, 0) is 6.54 Å². The van der Waals surface area contributed by atoms with Crippen LogP contribution < -0.4 is 5.32 Å². The molecule has 0 fully saturated rings. The van der Waals surface area contributed by atoms with E-state index in [2.05, 4.69) is 15.6 Å². The molecule has 3 aromatic rings. The molecule has 25 heavy (non-hydrogen) atoms. The van der Waals surface area contributed by atoms with Crippen LogP contribution in [0.4, 0.5) is 8.78 Å². The summed E-state index contributed by atoms with van der Waals surface area (Å²) in [5.74, 6) is -1.09. The number of carbonyl (C=O) groups excluding carboxylic acids is 1. The highest BCUT2D eigenvalue weighted by Gasteiger charge is 2.18. The molecule has 0 radical (unpaired) electrons. The lowest BCUT2D eigenvalue weighted by molar-refractivity contribution is 0.0945. The smallest absolute Gasteiger partial charge is 0.274 e. The van der Waals surface area contributed by atoms with Crippen LogP contribution in [0.2, 0.25) is 0 Å². The topological polar surface area (TPSA) is 59.8 Å². The van der Waals surface area contributed by atoms with Gasteiger partial charge in [-0.1, -0.05) is 23.4 Å². The summed E-state index contributed by atoms with van der Waals surface area (Å²) in [6, 6.07) is 10.5. The SMILES string of the molecule is Cc1c(F)cccc1-n1nnc(C(=O)NCc2ccc(F)cc2)c1C. The van der Waals surface area contributed by atoms with Gasteiger partial charge in [0.25, 0.3) is 5.91 Å². The minimum Gasteiger partial charge on any atom is -0.347 e. The molecule has 1 amide bonds. The fourth-order valence-electron chi connectivity index (χ4n) is 2.46. The van der Waals surface area contributed by atoms with Crippen molar-refractivity contribution in [3.8, 4) is 5.69 Å². The van der Waals surface area contributed by atoms with E-state index in [1.807, 2.05) is 0 Å². The summed E-state index contributed by atoms with van der Waals surface area (Å²) in [5.41, 5.74) is 2.38. The number of nitrogens with zero attached hydrogens (tertiary/aromatic N) is 3. The van der Waals surface area contributed by atoms with E-state index in [0.29, 0.717) is 16.9 Å². The lowest BCUT2D eigenvalue weighted by Gasteiger charge is -2.08. The molecule has 7 heteroatoms. The second-order valence-corrected chi connectivity index (χ2v) is 5.63. The first-order valence-electron chi connectivity index (χ1n) is 7.68. The Hall–Kier alpha value is -3.09. The number of halogens is 2. The number of aromatic nitrogens is 3. The lowest BCUT2D eigenvalue weighted by atomic mass is 10.2. The van der Waals surface area contributed by atoms with Gasteiger partial charge in [0.2, 0.25) is 0 Å². The number of benzene rings is 2. The van der Waals surface area contributed by atoms with E-state index in [-0.39, 0.29) is 23.9 Å². The summed E-state index contributed by atoms with van der Waals surface area (Å²) in [6.45, 7) is 3.57. The third-order valence-electron chi connectivity index (χ3n) is 3.94. The van der Waals surface area contributed by atoms with Crippen molar-refractivity contribution in [1.29, 1.82) is 0 Å². The molecule has 3 rings (SSSR count). The van der Waals surface area contributed by atoms with Crippen LogP contribution >= 0.6 is 0 Å². The average molecular weight is 342 g/mol. The van der Waals surface area contributed by atoms with Gasteiger partial charge in [-0.25, -0.2) is 13.5 Å². The van der Waals surface area contributed by atoms with Crippen LogP contribution in [0.25, 0.3) is 5.69 Å². The molecule has 128 valence electrons. The van der Waals surface area contributed by atoms with Gasteiger partial charge in [0, 0.05) is 12.1 Å². The second kappa shape index (κ2) is 6.80. The minimum absolute atomic E-state index is 0.158. The number of carbonyl (C=O) groups is 1. The van der Waals surface area contributed by atoms with E-state index in [4.69, 9.17) is 0 Å². The monoisotopic (exact) mass is 342 g/mol. The maximum absolute atomic E-state index is 13.7. The Kier molecular flexibility index (Phi) is 4.56. The first-order valence-corrected chi connectivity index (χ1v) is 7.68. The number of amides is 1. The largest absolute Gasteiger partial charge is 0.347 e. The number of rotatable bonds is 4. The number of nitrogens with one attached hydrogen (secondary N) is 1. The molecular formula is C18H16F2N4O. The first-order chi connectivity index (χ1) is 12.0. The van der Waals surface area contributed by atoms with Gasteiger partial charge in [-0.3, -0.25) is 4.79 Å². The van der Waals surface area contributed by atoms with Crippen molar-refractivity contribution in [2.24, 2.45) is 0 Å². The van der Waals surface area contributed by atoms with Crippen LogP contribution in [0, 0.1) is 25.5 Å². The summed E-state index contributed by atoms with van der Waals surface area (Å²) in [5, 5.41) is 10.6. The van der Waals surface area contributed by atoms with Crippen molar-refractivity contribution >= 4 is 5.91 Å². The van der Waals surface area contributed by atoms with Crippen molar-refractivity contribution in [2.45, 2.75) is 20.4 Å². The highest BCUT2D eigenvalue weighted by atomic mass is 19.1. The Balaban J connectivity index is 1.79. The molecule has 0 aliphatic heterocycles. The standard InChI is InChI=1S/C18H16F2N4O/c1-11-15(20)4-3-5-16(11)24-12(2)17(22-23-24)18(25)21-10-13-6-8-14(19)9-7-13/h3-9H,10H2,1-2H3,(H,21,25). The molecule has 1 aromatic heterocycles. The van der Waals surface area contributed by atoms with Crippen LogP contribution in [0.1, 0.15) is 27.3 Å². The molecule has 0 saturated carbocycles. The van der Waals surface area contributed by atoms with Crippen LogP contribution in [0.15, 0.2) is 42.5 Å². The van der Waals surface area contributed by atoms with E-state index >= 15 is 0 Å². The molecule has 0 aliphatic carbocycles. The van der Waals surface area contributed by atoms with Gasteiger partial charge in [0.05, 0.1) is 11.4 Å². The fraction of sp³-hybridized carbons (Fsp3) is 0.167. The zero-order valence-electron chi connectivity index (χ0n) is 13.8. The highest BCUT2D eigenvalue weighted by Crippen LogP contribution is 2.18. The van der Waals surface area contributed by atoms with Crippen LogP contribution in [0.5, 0.6) is 0 Å². The van der Waals surface area contributed by atoms with E-state index < -0.39 is 5.91 Å². The third-order valence-corrected chi connectivity index (χ3v) is 3.94. The zero-order valence-corrected chi connectivity index (χ0v) is 13.8. The van der Waals surface area contributed by atoms with Gasteiger partial charge in [-0.05, 0) is 43.7 Å². The summed E-state index contributed by atoms with van der Waals surface area (Å²) < 4.78 is 28.1. The molecule has 0 aliphatic rings. The third kappa shape index (κ3) is 3.40. The quantitative estimate of drug-likeness (QED) is 0.793. The van der Waals surface area contributed by atoms with Gasteiger partial charge in [0.15, 0.2) is 5.69 Å². The van der Waals surface area contributed by atoms with E-state index in [0.717, 1.165) is 5.56 Å². The minimum atomic E-state index is -0.401. The van der Waals surface area contributed by atoms with Crippen molar-refractivity contribution in [2.75, 3.05) is 0 Å². The van der Waals surface area contributed by atoms with Gasteiger partial charge in [-0.15, -0.1) is 5.10 Å². The first kappa shape index (κ1) is 16.8. The number of hydrogen-bond acceptors (Lipinski definition) is 3. The Morgan fingerprint density at radius 1 is 1.12 bits per heavy atom. The summed E-state index contributed by atoms with van der Waals surface area (Å²) in [4.78, 5) is 12.3. The van der Waals surface area contributed by atoms with E-state index in [1.165, 1.54) is 22.9 Å². The highest BCUT2D eigenvalue weighted by molar-refractivity contribution is 5.93. The molecule has 0 bridgehead atoms. The van der Waals surface area contributed by atoms with Gasteiger partial charge >= 0.3 is 0 Å². The molecule has 1 N–H and O–H groups in total. The average Bonchev–Trinajstić information content (AvgIpc) is 2.98. The van der Waals surface area contributed by atoms with Crippen molar-refractivity contribution < 1.29 is 13.6 Å². The molecule has 0 spiro atoms. The maximum atomic E-state index is 13.7. The van der Waals surface area contributed by atoms with Crippen molar-refractivity contribution in [1.82, 2.24) is 20.3 Å². The summed E-state index contributed by atoms with van der Waals surface area (Å²) >= 11 is 0. The predicted molar refractivity (Wildman–Crippen MR) is 88.4 cm³/mol. The second-order valence-electron chi connectivity index (χ2n) is 5.63. The molecule has 0 unspecified atom stereocenters. The van der Waals surface area contributed by atoms with Crippen molar-refractivity contribution in [3.63, 3.8) is 0 Å². The van der Waals surface area contributed by atoms with Gasteiger partial charge in [0.1, 0.15) is 11.6 Å². The Morgan fingerprint density at radius 3 is 2.56 bits per heavy atom. The molecule has 0 saturated heterocycles. The van der Waals surface area contributed by atoms with Gasteiger partial charge < -0.3 is 5.32 Å². The maximum Gasteiger partial charge on any atom is 0.274 e. The summed E-state index contributed by atoms with van der Waals surface area (Å²) in [6.07, 6.45) is 0. The Bertz CT molecular complexity index is 919. The zero-order chi connectivity index (χ0) is 18.0. The summed E-state index contributed by atoms with van der Waals surface area (Å²) in [7, 11) is 0. The van der Waals surface area contributed by atoms with E-state index in [1.54, 1.807) is 38.1 Å². The molecular weight excluding hydrogens is 326 g/mol. The van der Waals surface area contributed by atoms with Crippen LogP contribution in [-0.4, -0.2) is 20.9 Å². The molecule has 5 nitrogen and oxygen atoms in total. The van der Waals surface area contributed by atoms with Gasteiger partial charge in [-0.2, -0.15) is 0 Å². The molecule has 0 atom stereocenters. The predicted octanol–water partition coefficient (Wildman–Crippen LogP) is 3.09. The fourth-order valence-corrected chi connectivity index (χ4v) is 2.46. The normalized spacial score (nSPS) is 10.7. The Labute approximate surface area is 143 Å². The molecule has 1 heterocycles. The molecule has 2 aromatic carbocycles. The lowest BCUT2D eigenvalue weighted by Crippen LogP contribution is -2.24. The van der Waals surface area contributed by atoms with Crippen molar-refractivity contribution in [3.05, 3.63) is 76.6 Å². The Morgan fingerprint density at radius 2 is 1.84 bits per heavy atom. The number of hydrogen-bond donors (Lipinski definition) is 1.